The molecule has 2 N–H and O–H groups in total. The third kappa shape index (κ3) is 4.77. The monoisotopic (exact) mass is 436 g/mol. The van der Waals surface area contributed by atoms with E-state index in [1.165, 1.54) is 18.5 Å². The van der Waals surface area contributed by atoms with Gasteiger partial charge in [-0.25, -0.2) is 9.97 Å². The van der Waals surface area contributed by atoms with Gasteiger partial charge in [0.2, 0.25) is 0 Å². The molecule has 168 valence electrons. The van der Waals surface area contributed by atoms with Gasteiger partial charge in [-0.3, -0.25) is 0 Å². The fraction of sp³-hybridized carbons (Fsp3) is 0.545. The SMILES string of the molecule is OCC1CCCN1c1cc(NCC2(c3cccc(C(F)(F)F)c3)CCOCC2)ncn1. The second-order valence-electron chi connectivity index (χ2n) is 8.26. The first kappa shape index (κ1) is 21.8. The van der Waals surface area contributed by atoms with Gasteiger partial charge < -0.3 is 20.1 Å². The van der Waals surface area contributed by atoms with Crippen molar-refractivity contribution in [3.8, 4) is 0 Å². The normalized spacial score (nSPS) is 21.3. The number of hydrogen-bond donors (Lipinski definition) is 2. The van der Waals surface area contributed by atoms with Crippen molar-refractivity contribution >= 4 is 11.6 Å². The number of aromatic nitrogens is 2. The number of aliphatic hydroxyl groups excluding tert-OH is 1. The Labute approximate surface area is 179 Å². The highest BCUT2D eigenvalue weighted by Crippen LogP contribution is 2.38. The van der Waals surface area contributed by atoms with Crippen molar-refractivity contribution < 1.29 is 23.0 Å². The van der Waals surface area contributed by atoms with E-state index in [9.17, 15) is 18.3 Å². The van der Waals surface area contributed by atoms with Crippen LogP contribution in [0.25, 0.3) is 0 Å². The van der Waals surface area contributed by atoms with Gasteiger partial charge in [0.25, 0.3) is 0 Å². The van der Waals surface area contributed by atoms with Gasteiger partial charge in [0, 0.05) is 37.8 Å². The summed E-state index contributed by atoms with van der Waals surface area (Å²) in [6, 6.07) is 7.50. The van der Waals surface area contributed by atoms with Gasteiger partial charge in [-0.05, 0) is 37.3 Å². The van der Waals surface area contributed by atoms with Crippen molar-refractivity contribution in [2.45, 2.75) is 43.3 Å². The molecule has 0 spiro atoms. The zero-order valence-electron chi connectivity index (χ0n) is 17.2. The van der Waals surface area contributed by atoms with E-state index in [2.05, 4.69) is 20.2 Å². The number of alkyl halides is 3. The number of benzene rings is 1. The van der Waals surface area contributed by atoms with Crippen LogP contribution in [0.3, 0.4) is 0 Å². The number of nitrogens with one attached hydrogen (secondary N) is 1. The molecule has 3 heterocycles. The topological polar surface area (TPSA) is 70.5 Å². The van der Waals surface area contributed by atoms with Crippen molar-refractivity contribution in [3.63, 3.8) is 0 Å². The molecule has 2 saturated heterocycles. The molecule has 2 aromatic rings. The maximum Gasteiger partial charge on any atom is 0.416 e. The van der Waals surface area contributed by atoms with Crippen LogP contribution in [0.5, 0.6) is 0 Å². The largest absolute Gasteiger partial charge is 0.416 e. The van der Waals surface area contributed by atoms with Gasteiger partial charge in [0.05, 0.1) is 18.2 Å². The van der Waals surface area contributed by atoms with Gasteiger partial charge in [-0.1, -0.05) is 18.2 Å². The molecular formula is C22H27F3N4O2. The van der Waals surface area contributed by atoms with E-state index in [1.54, 1.807) is 6.07 Å². The standard InChI is InChI=1S/C22H27F3N4O2/c23-22(24,25)17-4-1-3-16(11-17)21(6-9-31-10-7-21)14-26-19-12-20(28-15-27-19)29-8-2-5-18(29)13-30/h1,3-4,11-12,15,18,30H,2,5-10,13-14H2,(H,26,27,28). The Balaban J connectivity index is 1.55. The summed E-state index contributed by atoms with van der Waals surface area (Å²) in [5.74, 6) is 1.36. The molecule has 2 aliphatic rings. The summed E-state index contributed by atoms with van der Waals surface area (Å²) in [6.07, 6.45) is 0.260. The molecule has 2 aliphatic heterocycles. The minimum atomic E-state index is -4.38. The number of halogens is 3. The van der Waals surface area contributed by atoms with E-state index in [0.29, 0.717) is 44.0 Å². The second kappa shape index (κ2) is 9.00. The molecule has 1 aromatic heterocycles. The van der Waals surface area contributed by atoms with Crippen molar-refractivity contribution in [2.75, 3.05) is 43.1 Å². The van der Waals surface area contributed by atoms with Crippen LogP contribution in [-0.4, -0.2) is 54.0 Å². The molecule has 6 nitrogen and oxygen atoms in total. The zero-order chi connectivity index (χ0) is 21.9. The maximum atomic E-state index is 13.3. The number of hydrogen-bond acceptors (Lipinski definition) is 6. The molecule has 2 fully saturated rings. The fourth-order valence-corrected chi connectivity index (χ4v) is 4.54. The van der Waals surface area contributed by atoms with E-state index in [0.717, 1.165) is 31.3 Å². The van der Waals surface area contributed by atoms with E-state index < -0.39 is 17.2 Å². The molecule has 0 saturated carbocycles. The first-order valence-corrected chi connectivity index (χ1v) is 10.6. The van der Waals surface area contributed by atoms with Crippen LogP contribution in [0.15, 0.2) is 36.7 Å². The van der Waals surface area contributed by atoms with Crippen molar-refractivity contribution in [3.05, 3.63) is 47.8 Å². The molecule has 1 unspecified atom stereocenters. The smallest absolute Gasteiger partial charge is 0.394 e. The van der Waals surface area contributed by atoms with Crippen LogP contribution in [0.4, 0.5) is 24.8 Å². The lowest BCUT2D eigenvalue weighted by Crippen LogP contribution is -2.40. The van der Waals surface area contributed by atoms with Crippen LogP contribution in [0, 0.1) is 0 Å². The van der Waals surface area contributed by atoms with Crippen molar-refractivity contribution in [1.82, 2.24) is 9.97 Å². The quantitative estimate of drug-likeness (QED) is 0.721. The number of ether oxygens (including phenoxy) is 1. The predicted octanol–water partition coefficient (Wildman–Crippen LogP) is 3.62. The highest BCUT2D eigenvalue weighted by Gasteiger charge is 2.37. The van der Waals surface area contributed by atoms with E-state index >= 15 is 0 Å². The molecule has 31 heavy (non-hydrogen) atoms. The minimum absolute atomic E-state index is 0.0506. The Bertz CT molecular complexity index is 887. The first-order chi connectivity index (χ1) is 14.9. The van der Waals surface area contributed by atoms with Gasteiger partial charge in [0.15, 0.2) is 0 Å². The number of nitrogens with zero attached hydrogens (tertiary/aromatic N) is 3. The van der Waals surface area contributed by atoms with E-state index in [1.807, 2.05) is 6.07 Å². The van der Waals surface area contributed by atoms with Crippen LogP contribution in [0.2, 0.25) is 0 Å². The number of anilines is 2. The summed E-state index contributed by atoms with van der Waals surface area (Å²) in [4.78, 5) is 10.7. The summed E-state index contributed by atoms with van der Waals surface area (Å²) in [7, 11) is 0. The van der Waals surface area contributed by atoms with Gasteiger partial charge in [-0.2, -0.15) is 13.2 Å². The zero-order valence-corrected chi connectivity index (χ0v) is 17.2. The van der Waals surface area contributed by atoms with Crippen LogP contribution in [-0.2, 0) is 16.3 Å². The molecule has 1 atom stereocenters. The highest BCUT2D eigenvalue weighted by atomic mass is 19.4. The Morgan fingerprint density at radius 2 is 2.00 bits per heavy atom. The molecule has 0 amide bonds. The van der Waals surface area contributed by atoms with Crippen molar-refractivity contribution in [2.24, 2.45) is 0 Å². The molecular weight excluding hydrogens is 409 g/mol. The Kier molecular flexibility index (Phi) is 6.34. The van der Waals surface area contributed by atoms with Crippen molar-refractivity contribution in [1.29, 1.82) is 0 Å². The first-order valence-electron chi connectivity index (χ1n) is 10.6. The van der Waals surface area contributed by atoms with Gasteiger partial charge >= 0.3 is 6.18 Å². The average molecular weight is 436 g/mol. The molecule has 0 bridgehead atoms. The predicted molar refractivity (Wildman–Crippen MR) is 111 cm³/mol. The third-order valence-corrected chi connectivity index (χ3v) is 6.39. The highest BCUT2D eigenvalue weighted by molar-refractivity contribution is 5.50. The summed E-state index contributed by atoms with van der Waals surface area (Å²) in [6.45, 7) is 2.34. The van der Waals surface area contributed by atoms with Gasteiger partial charge in [0.1, 0.15) is 18.0 Å². The maximum absolute atomic E-state index is 13.3. The van der Waals surface area contributed by atoms with E-state index in [-0.39, 0.29) is 12.6 Å². The lowest BCUT2D eigenvalue weighted by molar-refractivity contribution is -0.137. The Morgan fingerprint density at radius 1 is 1.19 bits per heavy atom. The minimum Gasteiger partial charge on any atom is -0.394 e. The lowest BCUT2D eigenvalue weighted by Gasteiger charge is -2.38. The summed E-state index contributed by atoms with van der Waals surface area (Å²) >= 11 is 0. The molecule has 4 rings (SSSR count). The number of rotatable bonds is 6. The third-order valence-electron chi connectivity index (χ3n) is 6.39. The Morgan fingerprint density at radius 3 is 2.74 bits per heavy atom. The average Bonchev–Trinajstić information content (AvgIpc) is 3.27. The van der Waals surface area contributed by atoms with E-state index in [4.69, 9.17) is 4.74 Å². The fourth-order valence-electron chi connectivity index (χ4n) is 4.54. The molecule has 1 aromatic carbocycles. The van der Waals surface area contributed by atoms with Crippen LogP contribution >= 0.6 is 0 Å². The molecule has 0 aliphatic carbocycles. The molecule has 9 heteroatoms. The second-order valence-corrected chi connectivity index (χ2v) is 8.26. The van der Waals surface area contributed by atoms with Crippen LogP contribution < -0.4 is 10.2 Å². The Hall–Kier alpha value is -2.39. The lowest BCUT2D eigenvalue weighted by atomic mass is 9.73. The summed E-state index contributed by atoms with van der Waals surface area (Å²) < 4.78 is 45.4. The summed E-state index contributed by atoms with van der Waals surface area (Å²) in [5.41, 5.74) is -0.456. The van der Waals surface area contributed by atoms with Gasteiger partial charge in [-0.15, -0.1) is 0 Å². The van der Waals surface area contributed by atoms with Crippen LogP contribution in [0.1, 0.15) is 36.8 Å². The number of aliphatic hydroxyl groups is 1. The molecule has 0 radical (unpaired) electrons. The summed E-state index contributed by atoms with van der Waals surface area (Å²) in [5, 5.41) is 12.9.